The van der Waals surface area contributed by atoms with Crippen LogP contribution in [0.25, 0.3) is 10.9 Å². The van der Waals surface area contributed by atoms with Gasteiger partial charge in [-0.3, -0.25) is 9.79 Å². The van der Waals surface area contributed by atoms with Gasteiger partial charge in [0.1, 0.15) is 5.84 Å². The first-order valence-corrected chi connectivity index (χ1v) is 6.28. The number of nitrogens with two attached hydrogens (primary N) is 2. The zero-order valence-corrected chi connectivity index (χ0v) is 11.0. The standard InChI is InChI=1S/C12H11BrN4O/c13-5-1-2-8-6(3-5)9-10(17-8)7(12(15)18)4-16-11(9)14/h1-3,7,17H,4H2,(H2,14,16)(H2,15,18). The second-order valence-corrected chi connectivity index (χ2v) is 5.20. The highest BCUT2D eigenvalue weighted by Gasteiger charge is 2.29. The molecule has 1 atom stereocenters. The van der Waals surface area contributed by atoms with Crippen molar-refractivity contribution in [1.29, 1.82) is 0 Å². The molecule has 1 unspecified atom stereocenters. The Morgan fingerprint density at radius 3 is 3.00 bits per heavy atom. The van der Waals surface area contributed by atoms with E-state index >= 15 is 0 Å². The van der Waals surface area contributed by atoms with Crippen molar-refractivity contribution in [1.82, 2.24) is 4.98 Å². The molecule has 18 heavy (non-hydrogen) atoms. The highest BCUT2D eigenvalue weighted by Crippen LogP contribution is 2.32. The molecule has 0 bridgehead atoms. The van der Waals surface area contributed by atoms with Crippen LogP contribution in [0.15, 0.2) is 27.7 Å². The number of rotatable bonds is 1. The third-order valence-corrected chi connectivity index (χ3v) is 3.68. The van der Waals surface area contributed by atoms with Crippen molar-refractivity contribution in [3.8, 4) is 0 Å². The third-order valence-electron chi connectivity index (χ3n) is 3.18. The maximum atomic E-state index is 11.5. The lowest BCUT2D eigenvalue weighted by atomic mass is 9.96. The highest BCUT2D eigenvalue weighted by molar-refractivity contribution is 9.10. The molecule has 5 nitrogen and oxygen atoms in total. The monoisotopic (exact) mass is 306 g/mol. The minimum Gasteiger partial charge on any atom is -0.383 e. The fourth-order valence-corrected chi connectivity index (χ4v) is 2.68. The lowest BCUT2D eigenvalue weighted by Gasteiger charge is -2.17. The lowest BCUT2D eigenvalue weighted by Crippen LogP contribution is -2.31. The van der Waals surface area contributed by atoms with E-state index in [-0.39, 0.29) is 0 Å². The summed E-state index contributed by atoms with van der Waals surface area (Å²) in [6, 6.07) is 5.82. The summed E-state index contributed by atoms with van der Waals surface area (Å²) in [5.41, 5.74) is 13.8. The molecule has 0 aliphatic carbocycles. The number of hydrogen-bond donors (Lipinski definition) is 3. The summed E-state index contributed by atoms with van der Waals surface area (Å²) in [6.45, 7) is 0.308. The molecule has 1 aromatic heterocycles. The van der Waals surface area contributed by atoms with Crippen LogP contribution >= 0.6 is 15.9 Å². The van der Waals surface area contributed by atoms with E-state index in [1.54, 1.807) is 0 Å². The first-order valence-electron chi connectivity index (χ1n) is 5.48. The summed E-state index contributed by atoms with van der Waals surface area (Å²) in [7, 11) is 0. The van der Waals surface area contributed by atoms with Crippen LogP contribution < -0.4 is 11.5 Å². The quantitative estimate of drug-likeness (QED) is 0.738. The van der Waals surface area contributed by atoms with Gasteiger partial charge < -0.3 is 16.5 Å². The molecule has 6 heteroatoms. The summed E-state index contributed by atoms with van der Waals surface area (Å²) in [5.74, 6) is -0.372. The van der Waals surface area contributed by atoms with Crippen LogP contribution in [-0.4, -0.2) is 23.3 Å². The van der Waals surface area contributed by atoms with E-state index < -0.39 is 11.8 Å². The van der Waals surface area contributed by atoms with Gasteiger partial charge in [0, 0.05) is 26.6 Å². The van der Waals surface area contributed by atoms with Crippen LogP contribution in [0.1, 0.15) is 17.2 Å². The molecule has 0 radical (unpaired) electrons. The highest BCUT2D eigenvalue weighted by atomic mass is 79.9. The van der Waals surface area contributed by atoms with Crippen molar-refractivity contribution >= 4 is 38.6 Å². The van der Waals surface area contributed by atoms with Gasteiger partial charge in [0.05, 0.1) is 12.5 Å². The number of aliphatic imine (C=N–C) groups is 1. The molecule has 2 aromatic rings. The van der Waals surface area contributed by atoms with Gasteiger partial charge in [-0.05, 0) is 18.2 Å². The van der Waals surface area contributed by atoms with Crippen molar-refractivity contribution in [2.75, 3.05) is 6.54 Å². The van der Waals surface area contributed by atoms with Crippen LogP contribution in [-0.2, 0) is 4.79 Å². The molecule has 1 aliphatic rings. The van der Waals surface area contributed by atoms with Gasteiger partial charge in [-0.2, -0.15) is 0 Å². The van der Waals surface area contributed by atoms with Gasteiger partial charge in [-0.15, -0.1) is 0 Å². The summed E-state index contributed by atoms with van der Waals surface area (Å²) in [5, 5.41) is 0.951. The molecule has 92 valence electrons. The first-order chi connectivity index (χ1) is 8.58. The lowest BCUT2D eigenvalue weighted by molar-refractivity contribution is -0.119. The minimum atomic E-state index is -0.432. The largest absolute Gasteiger partial charge is 0.383 e. The molecule has 1 amide bonds. The number of amides is 1. The number of amidine groups is 1. The van der Waals surface area contributed by atoms with E-state index in [2.05, 4.69) is 25.9 Å². The van der Waals surface area contributed by atoms with Crippen LogP contribution in [0.4, 0.5) is 0 Å². The van der Waals surface area contributed by atoms with E-state index in [1.165, 1.54) is 0 Å². The molecule has 0 fully saturated rings. The molecule has 2 heterocycles. The van der Waals surface area contributed by atoms with Gasteiger partial charge >= 0.3 is 0 Å². The molecule has 0 saturated carbocycles. The Bertz CT molecular complexity index is 689. The average molecular weight is 307 g/mol. The average Bonchev–Trinajstić information content (AvgIpc) is 2.68. The summed E-state index contributed by atoms with van der Waals surface area (Å²) in [4.78, 5) is 18.9. The van der Waals surface area contributed by atoms with E-state index in [0.29, 0.717) is 12.4 Å². The molecular weight excluding hydrogens is 296 g/mol. The number of nitrogens with one attached hydrogen (secondary N) is 1. The molecule has 1 aliphatic heterocycles. The van der Waals surface area contributed by atoms with Crippen molar-refractivity contribution < 1.29 is 4.79 Å². The number of halogens is 1. The smallest absolute Gasteiger partial charge is 0.228 e. The fourth-order valence-electron chi connectivity index (χ4n) is 2.31. The Hall–Kier alpha value is -1.82. The topological polar surface area (TPSA) is 97.3 Å². The number of benzene rings is 1. The predicted molar refractivity (Wildman–Crippen MR) is 73.5 cm³/mol. The molecule has 3 rings (SSSR count). The zero-order chi connectivity index (χ0) is 12.9. The molecule has 0 saturated heterocycles. The number of carbonyl (C=O) groups excluding carboxylic acids is 1. The van der Waals surface area contributed by atoms with Crippen molar-refractivity contribution in [3.05, 3.63) is 33.9 Å². The first kappa shape index (κ1) is 11.3. The Balaban J connectivity index is 2.34. The maximum absolute atomic E-state index is 11.5. The summed E-state index contributed by atoms with van der Waals surface area (Å²) >= 11 is 3.42. The Kier molecular flexibility index (Phi) is 2.41. The Labute approximate surface area is 111 Å². The van der Waals surface area contributed by atoms with E-state index in [0.717, 1.165) is 26.6 Å². The van der Waals surface area contributed by atoms with Crippen LogP contribution in [0, 0.1) is 0 Å². The second-order valence-electron chi connectivity index (χ2n) is 4.28. The molecule has 1 aromatic carbocycles. The number of aromatic nitrogens is 1. The minimum absolute atomic E-state index is 0.308. The van der Waals surface area contributed by atoms with Crippen molar-refractivity contribution in [2.45, 2.75) is 5.92 Å². The number of primary amides is 1. The van der Waals surface area contributed by atoms with Gasteiger partial charge in [-0.1, -0.05) is 15.9 Å². The number of fused-ring (bicyclic) bond motifs is 3. The third kappa shape index (κ3) is 1.53. The second kappa shape index (κ2) is 3.84. The van der Waals surface area contributed by atoms with Gasteiger partial charge in [-0.25, -0.2) is 0 Å². The van der Waals surface area contributed by atoms with Crippen molar-refractivity contribution in [3.63, 3.8) is 0 Å². The number of H-pyrrole nitrogens is 1. The number of nitrogens with zero attached hydrogens (tertiary/aromatic N) is 1. The number of hydrogen-bond acceptors (Lipinski definition) is 3. The summed E-state index contributed by atoms with van der Waals surface area (Å²) in [6.07, 6.45) is 0. The van der Waals surface area contributed by atoms with E-state index in [1.807, 2.05) is 18.2 Å². The zero-order valence-electron chi connectivity index (χ0n) is 9.40. The fraction of sp³-hybridized carbons (Fsp3) is 0.167. The van der Waals surface area contributed by atoms with Crippen LogP contribution in [0.2, 0.25) is 0 Å². The normalized spacial score (nSPS) is 18.5. The van der Waals surface area contributed by atoms with Gasteiger partial charge in [0.2, 0.25) is 5.91 Å². The molecular formula is C12H11BrN4O. The Morgan fingerprint density at radius 1 is 1.50 bits per heavy atom. The van der Waals surface area contributed by atoms with E-state index in [4.69, 9.17) is 11.5 Å². The van der Waals surface area contributed by atoms with Crippen molar-refractivity contribution in [2.24, 2.45) is 16.5 Å². The predicted octanol–water partition coefficient (Wildman–Crippen LogP) is 1.22. The molecule has 0 spiro atoms. The van der Waals surface area contributed by atoms with E-state index in [9.17, 15) is 4.79 Å². The van der Waals surface area contributed by atoms with Gasteiger partial charge in [0.25, 0.3) is 0 Å². The van der Waals surface area contributed by atoms with Gasteiger partial charge in [0.15, 0.2) is 0 Å². The van der Waals surface area contributed by atoms with Crippen LogP contribution in [0.5, 0.6) is 0 Å². The number of aromatic amines is 1. The van der Waals surface area contributed by atoms with Crippen LogP contribution in [0.3, 0.4) is 0 Å². The Morgan fingerprint density at radius 2 is 2.28 bits per heavy atom. The molecule has 5 N–H and O–H groups in total. The number of carbonyl (C=O) groups is 1. The maximum Gasteiger partial charge on any atom is 0.228 e. The summed E-state index contributed by atoms with van der Waals surface area (Å²) < 4.78 is 0.950. The SMILES string of the molecule is NC(=O)C1CN=C(N)c2c1[nH]c1ccc(Br)cc21.